The maximum atomic E-state index is 12.9. The lowest BCUT2D eigenvalue weighted by molar-refractivity contribution is 0.867. The highest BCUT2D eigenvalue weighted by atomic mass is 32.1. The van der Waals surface area contributed by atoms with Gasteiger partial charge in [-0.1, -0.05) is 62.4 Å². The zero-order valence-electron chi connectivity index (χ0n) is 14.2. The van der Waals surface area contributed by atoms with E-state index in [4.69, 9.17) is 0 Å². The number of fused-ring (bicyclic) bond motifs is 1. The fourth-order valence-electron chi connectivity index (χ4n) is 3.25. The molecule has 0 radical (unpaired) electrons. The molecule has 0 aliphatic heterocycles. The average molecular weight is 345 g/mol. The lowest BCUT2D eigenvalue weighted by Gasteiger charge is -2.14. The summed E-state index contributed by atoms with van der Waals surface area (Å²) in [7, 11) is 0. The van der Waals surface area contributed by atoms with Gasteiger partial charge in [-0.2, -0.15) is 0 Å². The van der Waals surface area contributed by atoms with Crippen LogP contribution in [0.2, 0.25) is 0 Å². The summed E-state index contributed by atoms with van der Waals surface area (Å²) in [5, 5.41) is 3.09. The lowest BCUT2D eigenvalue weighted by Crippen LogP contribution is -2.10. The molecular weight excluding hydrogens is 326 g/mol. The Morgan fingerprint density at radius 3 is 2.52 bits per heavy atom. The Labute approximate surface area is 150 Å². The molecule has 1 N–H and O–H groups in total. The summed E-state index contributed by atoms with van der Waals surface area (Å²) < 4.78 is 0. The van der Waals surface area contributed by atoms with Crippen molar-refractivity contribution in [3.63, 3.8) is 0 Å². The van der Waals surface area contributed by atoms with E-state index in [-0.39, 0.29) is 5.56 Å². The second-order valence-electron chi connectivity index (χ2n) is 6.51. The van der Waals surface area contributed by atoms with Gasteiger partial charge in [-0.05, 0) is 34.6 Å². The van der Waals surface area contributed by atoms with Crippen molar-refractivity contribution in [3.8, 4) is 21.6 Å². The van der Waals surface area contributed by atoms with Gasteiger partial charge in [-0.25, -0.2) is 0 Å². The van der Waals surface area contributed by atoms with Crippen molar-refractivity contribution in [1.29, 1.82) is 0 Å². The van der Waals surface area contributed by atoms with Crippen molar-refractivity contribution in [2.45, 2.75) is 19.8 Å². The van der Waals surface area contributed by atoms with Crippen LogP contribution < -0.4 is 5.56 Å². The van der Waals surface area contributed by atoms with E-state index in [1.165, 1.54) is 5.56 Å². The van der Waals surface area contributed by atoms with E-state index < -0.39 is 0 Å². The summed E-state index contributed by atoms with van der Waals surface area (Å²) in [4.78, 5) is 16.9. The number of aromatic amines is 1. The predicted octanol–water partition coefficient (Wildman–Crippen LogP) is 6.05. The van der Waals surface area contributed by atoms with E-state index in [2.05, 4.69) is 49.2 Å². The van der Waals surface area contributed by atoms with Crippen molar-refractivity contribution in [2.24, 2.45) is 0 Å². The third kappa shape index (κ3) is 2.81. The fourth-order valence-corrected chi connectivity index (χ4v) is 4.03. The van der Waals surface area contributed by atoms with E-state index in [0.29, 0.717) is 5.92 Å². The largest absolute Gasteiger partial charge is 0.321 e. The van der Waals surface area contributed by atoms with Crippen molar-refractivity contribution >= 4 is 22.2 Å². The number of nitrogens with one attached hydrogen (secondary N) is 1. The molecule has 0 fully saturated rings. The minimum Gasteiger partial charge on any atom is -0.321 e. The molecule has 2 heterocycles. The van der Waals surface area contributed by atoms with E-state index >= 15 is 0 Å². The van der Waals surface area contributed by atoms with Gasteiger partial charge in [-0.3, -0.25) is 4.79 Å². The molecule has 2 nitrogen and oxygen atoms in total. The van der Waals surface area contributed by atoms with Crippen LogP contribution in [0.3, 0.4) is 0 Å². The molecule has 2 aromatic heterocycles. The van der Waals surface area contributed by atoms with Crippen LogP contribution in [0.1, 0.15) is 25.3 Å². The first-order valence-electron chi connectivity index (χ1n) is 8.44. The summed E-state index contributed by atoms with van der Waals surface area (Å²) in [6, 6.07) is 20.6. The number of H-pyrrole nitrogens is 1. The Bertz CT molecular complexity index is 1090. The van der Waals surface area contributed by atoms with Crippen LogP contribution in [0.15, 0.2) is 70.8 Å². The maximum absolute atomic E-state index is 12.9. The molecule has 3 heteroatoms. The SMILES string of the molecule is CC(C)c1cccc(-c2c(-c3cccs3)c(=O)[nH]c3ccccc23)c1. The number of thiophene rings is 1. The molecular formula is C22H19NOS. The van der Waals surface area contributed by atoms with Crippen molar-refractivity contribution in [2.75, 3.05) is 0 Å². The molecule has 0 saturated carbocycles. The number of benzene rings is 2. The third-order valence-corrected chi connectivity index (χ3v) is 5.42. The predicted molar refractivity (Wildman–Crippen MR) is 107 cm³/mol. The number of para-hydroxylation sites is 1. The van der Waals surface area contributed by atoms with Gasteiger partial charge in [0.05, 0.1) is 5.56 Å². The van der Waals surface area contributed by atoms with Crippen molar-refractivity contribution < 1.29 is 0 Å². The number of hydrogen-bond donors (Lipinski definition) is 1. The third-order valence-electron chi connectivity index (χ3n) is 4.53. The van der Waals surface area contributed by atoms with Crippen LogP contribution in [0.25, 0.3) is 32.5 Å². The molecule has 0 unspecified atom stereocenters. The Balaban J connectivity index is 2.12. The van der Waals surface area contributed by atoms with Gasteiger partial charge in [0.2, 0.25) is 0 Å². The second kappa shape index (κ2) is 6.34. The summed E-state index contributed by atoms with van der Waals surface area (Å²) in [6.45, 7) is 4.38. The topological polar surface area (TPSA) is 32.9 Å². The van der Waals surface area contributed by atoms with Crippen molar-refractivity contribution in [3.05, 3.63) is 82.0 Å². The Kier molecular flexibility index (Phi) is 4.02. The molecule has 4 rings (SSSR count). The highest BCUT2D eigenvalue weighted by Gasteiger charge is 2.17. The Morgan fingerprint density at radius 1 is 0.920 bits per heavy atom. The molecule has 4 aromatic rings. The Morgan fingerprint density at radius 2 is 1.76 bits per heavy atom. The molecule has 0 aliphatic rings. The molecule has 0 bridgehead atoms. The van der Waals surface area contributed by atoms with Gasteiger partial charge >= 0.3 is 0 Å². The number of pyridine rings is 1. The van der Waals surface area contributed by atoms with Gasteiger partial charge in [0, 0.05) is 21.3 Å². The van der Waals surface area contributed by atoms with E-state index in [1.54, 1.807) is 11.3 Å². The van der Waals surface area contributed by atoms with Crippen LogP contribution >= 0.6 is 11.3 Å². The first kappa shape index (κ1) is 15.9. The molecule has 25 heavy (non-hydrogen) atoms. The molecule has 0 amide bonds. The maximum Gasteiger partial charge on any atom is 0.257 e. The molecule has 0 atom stereocenters. The van der Waals surface area contributed by atoms with Gasteiger partial charge < -0.3 is 4.98 Å². The number of rotatable bonds is 3. The van der Waals surface area contributed by atoms with E-state index in [9.17, 15) is 4.79 Å². The normalized spacial score (nSPS) is 11.3. The van der Waals surface area contributed by atoms with Crippen LogP contribution in [0, 0.1) is 0 Å². The van der Waals surface area contributed by atoms with Gasteiger partial charge in [0.25, 0.3) is 5.56 Å². The average Bonchev–Trinajstić information content (AvgIpc) is 3.14. The Hall–Kier alpha value is -2.65. The van der Waals surface area contributed by atoms with Gasteiger partial charge in [-0.15, -0.1) is 11.3 Å². The van der Waals surface area contributed by atoms with Gasteiger partial charge in [0.1, 0.15) is 0 Å². The zero-order valence-corrected chi connectivity index (χ0v) is 15.1. The van der Waals surface area contributed by atoms with E-state index in [0.717, 1.165) is 32.5 Å². The van der Waals surface area contributed by atoms with Crippen LogP contribution in [-0.2, 0) is 0 Å². The molecule has 2 aromatic carbocycles. The smallest absolute Gasteiger partial charge is 0.257 e. The van der Waals surface area contributed by atoms with Crippen molar-refractivity contribution in [1.82, 2.24) is 4.98 Å². The fraction of sp³-hybridized carbons (Fsp3) is 0.136. The van der Waals surface area contributed by atoms with Gasteiger partial charge in [0.15, 0.2) is 0 Å². The van der Waals surface area contributed by atoms with Crippen LogP contribution in [0.5, 0.6) is 0 Å². The molecule has 0 spiro atoms. The first-order valence-corrected chi connectivity index (χ1v) is 9.32. The zero-order chi connectivity index (χ0) is 17.4. The minimum absolute atomic E-state index is 0.0360. The highest BCUT2D eigenvalue weighted by molar-refractivity contribution is 7.13. The minimum atomic E-state index is -0.0360. The summed E-state index contributed by atoms with van der Waals surface area (Å²) in [6.07, 6.45) is 0. The molecule has 0 aliphatic carbocycles. The monoisotopic (exact) mass is 345 g/mol. The summed E-state index contributed by atoms with van der Waals surface area (Å²) >= 11 is 1.60. The standard InChI is InChI=1S/C22H19NOS/c1-14(2)15-7-5-8-16(13-15)20-17-9-3-4-10-18(17)23-22(24)21(20)19-11-6-12-25-19/h3-14H,1-2H3,(H,23,24). The van der Waals surface area contributed by atoms with Crippen LogP contribution in [0.4, 0.5) is 0 Å². The lowest BCUT2D eigenvalue weighted by atomic mass is 9.92. The van der Waals surface area contributed by atoms with Crippen LogP contribution in [-0.4, -0.2) is 4.98 Å². The highest BCUT2D eigenvalue weighted by Crippen LogP contribution is 2.37. The van der Waals surface area contributed by atoms with E-state index in [1.807, 2.05) is 35.7 Å². The molecule has 0 saturated heterocycles. The first-order chi connectivity index (χ1) is 12.1. The number of hydrogen-bond acceptors (Lipinski definition) is 2. The molecule has 124 valence electrons. The number of aromatic nitrogens is 1. The summed E-state index contributed by atoms with van der Waals surface area (Å²) in [5.74, 6) is 0.443. The summed E-state index contributed by atoms with van der Waals surface area (Å²) in [5.41, 5.74) is 4.98. The second-order valence-corrected chi connectivity index (χ2v) is 7.45. The quantitative estimate of drug-likeness (QED) is 0.482.